The molecule has 0 spiro atoms. The molecule has 0 saturated carbocycles. The molecule has 0 radical (unpaired) electrons. The largest absolute Gasteiger partial charge is 0.481 e. The van der Waals surface area contributed by atoms with E-state index >= 15 is 0 Å². The lowest BCUT2D eigenvalue weighted by Gasteiger charge is -2.41. The number of rotatable bonds is 3. The van der Waals surface area contributed by atoms with E-state index in [1.165, 1.54) is 0 Å². The van der Waals surface area contributed by atoms with Crippen LogP contribution in [0.25, 0.3) is 0 Å². The van der Waals surface area contributed by atoms with Gasteiger partial charge in [-0.2, -0.15) is 0 Å². The van der Waals surface area contributed by atoms with Crippen LogP contribution >= 0.6 is 0 Å². The number of benzene rings is 1. The molecule has 2 N–H and O–H groups in total. The highest BCUT2D eigenvalue weighted by Crippen LogP contribution is 2.41. The first kappa shape index (κ1) is 13.7. The van der Waals surface area contributed by atoms with Gasteiger partial charge in [-0.1, -0.05) is 6.07 Å². The molecular formula is C16H19N3O2. The van der Waals surface area contributed by atoms with Gasteiger partial charge in [0.2, 0.25) is 0 Å². The summed E-state index contributed by atoms with van der Waals surface area (Å²) in [4.78, 5) is 6.56. The van der Waals surface area contributed by atoms with Crippen LogP contribution in [-0.2, 0) is 4.74 Å². The van der Waals surface area contributed by atoms with E-state index in [1.807, 2.05) is 43.3 Å². The van der Waals surface area contributed by atoms with Crippen molar-refractivity contribution >= 4 is 17.2 Å². The normalized spacial score (nSPS) is 20.8. The third kappa shape index (κ3) is 2.64. The second-order valence-corrected chi connectivity index (χ2v) is 5.49. The summed E-state index contributed by atoms with van der Waals surface area (Å²) in [6.45, 7) is 3.18. The lowest BCUT2D eigenvalue weighted by atomic mass is 10.0. The molecule has 5 heteroatoms. The smallest absolute Gasteiger partial charge is 0.147 e. The van der Waals surface area contributed by atoms with Gasteiger partial charge in [-0.25, -0.2) is 4.98 Å². The Morgan fingerprint density at radius 3 is 2.95 bits per heavy atom. The number of fused-ring (bicyclic) bond motifs is 1. The topological polar surface area (TPSA) is 60.6 Å². The van der Waals surface area contributed by atoms with Crippen molar-refractivity contribution in [1.29, 1.82) is 0 Å². The van der Waals surface area contributed by atoms with Crippen LogP contribution in [0.3, 0.4) is 0 Å². The molecule has 1 atom stereocenters. The molecule has 3 rings (SSSR count). The van der Waals surface area contributed by atoms with Crippen molar-refractivity contribution in [2.24, 2.45) is 0 Å². The molecule has 2 heterocycles. The average molecular weight is 285 g/mol. The Balaban J connectivity index is 2.07. The quantitative estimate of drug-likeness (QED) is 0.878. The minimum atomic E-state index is -0.435. The first-order valence-corrected chi connectivity index (χ1v) is 6.87. The zero-order valence-electron chi connectivity index (χ0n) is 12.2. The first-order valence-electron chi connectivity index (χ1n) is 6.87. The predicted molar refractivity (Wildman–Crippen MR) is 83.0 cm³/mol. The fraction of sp³-hybridized carbons (Fsp3) is 0.312. The molecule has 1 aliphatic rings. The van der Waals surface area contributed by atoms with Crippen LogP contribution in [0.15, 0.2) is 42.6 Å². The Hall–Kier alpha value is -2.27. The van der Waals surface area contributed by atoms with Crippen LogP contribution in [0.2, 0.25) is 0 Å². The van der Waals surface area contributed by atoms with Crippen molar-refractivity contribution in [3.63, 3.8) is 0 Å². The molecule has 1 aromatic carbocycles. The average Bonchev–Trinajstić information content (AvgIpc) is 2.48. The fourth-order valence-electron chi connectivity index (χ4n) is 2.65. The summed E-state index contributed by atoms with van der Waals surface area (Å²) in [5, 5.41) is 0. The monoisotopic (exact) mass is 285 g/mol. The van der Waals surface area contributed by atoms with Gasteiger partial charge in [0.1, 0.15) is 17.2 Å². The van der Waals surface area contributed by atoms with Crippen LogP contribution in [-0.4, -0.2) is 30.8 Å². The molecule has 5 nitrogen and oxygen atoms in total. The summed E-state index contributed by atoms with van der Waals surface area (Å²) in [6.07, 6.45) is 1.78. The molecule has 21 heavy (non-hydrogen) atoms. The molecular weight excluding hydrogens is 266 g/mol. The molecule has 1 aliphatic heterocycles. The van der Waals surface area contributed by atoms with E-state index in [0.717, 1.165) is 17.3 Å². The zero-order chi connectivity index (χ0) is 14.9. The number of methoxy groups -OCH3 is 1. The van der Waals surface area contributed by atoms with Gasteiger partial charge < -0.3 is 20.1 Å². The van der Waals surface area contributed by atoms with Crippen molar-refractivity contribution in [2.45, 2.75) is 12.5 Å². The number of nitrogens with two attached hydrogens (primary N) is 1. The fourth-order valence-corrected chi connectivity index (χ4v) is 2.65. The molecule has 0 amide bonds. The van der Waals surface area contributed by atoms with E-state index in [9.17, 15) is 0 Å². The Morgan fingerprint density at radius 2 is 2.24 bits per heavy atom. The number of nitrogen functional groups attached to an aromatic ring is 1. The molecule has 0 bridgehead atoms. The van der Waals surface area contributed by atoms with Gasteiger partial charge in [-0.05, 0) is 37.3 Å². The molecule has 0 saturated heterocycles. The SMILES string of the molecule is COCC1(C)CN(c2ccccn2)c2cc(N)ccc2O1. The molecule has 0 aliphatic carbocycles. The number of ether oxygens (including phenoxy) is 2. The maximum absolute atomic E-state index is 6.12. The Kier molecular flexibility index (Phi) is 3.43. The highest BCUT2D eigenvalue weighted by Gasteiger charge is 2.37. The molecule has 2 aromatic rings. The second-order valence-electron chi connectivity index (χ2n) is 5.49. The van der Waals surface area contributed by atoms with Crippen molar-refractivity contribution in [3.8, 4) is 5.75 Å². The zero-order valence-corrected chi connectivity index (χ0v) is 12.2. The number of hydrogen-bond donors (Lipinski definition) is 1. The number of nitrogens with zero attached hydrogens (tertiary/aromatic N) is 2. The molecule has 1 unspecified atom stereocenters. The third-order valence-electron chi connectivity index (χ3n) is 3.50. The van der Waals surface area contributed by atoms with Gasteiger partial charge in [0.25, 0.3) is 0 Å². The van der Waals surface area contributed by atoms with Gasteiger partial charge in [-0.15, -0.1) is 0 Å². The summed E-state index contributed by atoms with van der Waals surface area (Å²) in [5.74, 6) is 1.66. The van der Waals surface area contributed by atoms with E-state index in [0.29, 0.717) is 18.8 Å². The van der Waals surface area contributed by atoms with Crippen molar-refractivity contribution < 1.29 is 9.47 Å². The Bertz CT molecular complexity index is 633. The lowest BCUT2D eigenvalue weighted by Crippen LogP contribution is -2.50. The minimum absolute atomic E-state index is 0.435. The first-order chi connectivity index (χ1) is 10.1. The summed E-state index contributed by atoms with van der Waals surface area (Å²) < 4.78 is 11.4. The standard InChI is InChI=1S/C16H19N3O2/c1-16(11-20-2)10-19(15-5-3-4-8-18-15)13-9-12(17)6-7-14(13)21-16/h3-9H,10-11,17H2,1-2H3. The maximum atomic E-state index is 6.12. The Morgan fingerprint density at radius 1 is 1.38 bits per heavy atom. The highest BCUT2D eigenvalue weighted by atomic mass is 16.5. The minimum Gasteiger partial charge on any atom is -0.481 e. The summed E-state index contributed by atoms with van der Waals surface area (Å²) in [6, 6.07) is 11.5. The summed E-state index contributed by atoms with van der Waals surface area (Å²) in [5.41, 5.74) is 7.12. The number of aromatic nitrogens is 1. The summed E-state index contributed by atoms with van der Waals surface area (Å²) in [7, 11) is 1.68. The lowest BCUT2D eigenvalue weighted by molar-refractivity contribution is 0.00529. The van der Waals surface area contributed by atoms with Crippen molar-refractivity contribution in [2.75, 3.05) is 30.9 Å². The number of hydrogen-bond acceptors (Lipinski definition) is 5. The van der Waals surface area contributed by atoms with Crippen LogP contribution in [0.5, 0.6) is 5.75 Å². The van der Waals surface area contributed by atoms with Crippen molar-refractivity contribution in [1.82, 2.24) is 4.98 Å². The number of anilines is 3. The van der Waals surface area contributed by atoms with E-state index in [2.05, 4.69) is 9.88 Å². The molecule has 0 fully saturated rings. The van der Waals surface area contributed by atoms with E-state index in [1.54, 1.807) is 13.3 Å². The van der Waals surface area contributed by atoms with Gasteiger partial charge in [0.15, 0.2) is 0 Å². The predicted octanol–water partition coefficient (Wildman–Crippen LogP) is 2.60. The van der Waals surface area contributed by atoms with Gasteiger partial charge in [0.05, 0.1) is 18.8 Å². The van der Waals surface area contributed by atoms with Crippen LogP contribution in [0.4, 0.5) is 17.2 Å². The molecule has 1 aromatic heterocycles. The van der Waals surface area contributed by atoms with E-state index in [-0.39, 0.29) is 0 Å². The van der Waals surface area contributed by atoms with Gasteiger partial charge in [0, 0.05) is 19.0 Å². The van der Waals surface area contributed by atoms with Crippen LogP contribution in [0, 0.1) is 0 Å². The van der Waals surface area contributed by atoms with Gasteiger partial charge >= 0.3 is 0 Å². The van der Waals surface area contributed by atoms with Gasteiger partial charge in [-0.3, -0.25) is 0 Å². The number of pyridine rings is 1. The van der Waals surface area contributed by atoms with Crippen molar-refractivity contribution in [3.05, 3.63) is 42.6 Å². The summed E-state index contributed by atoms with van der Waals surface area (Å²) >= 11 is 0. The van der Waals surface area contributed by atoms with Crippen LogP contribution < -0.4 is 15.4 Å². The second kappa shape index (κ2) is 5.26. The van der Waals surface area contributed by atoms with E-state index < -0.39 is 5.60 Å². The molecule has 110 valence electrons. The maximum Gasteiger partial charge on any atom is 0.147 e. The van der Waals surface area contributed by atoms with E-state index in [4.69, 9.17) is 15.2 Å². The third-order valence-corrected chi connectivity index (χ3v) is 3.50. The Labute approximate surface area is 124 Å². The highest BCUT2D eigenvalue weighted by molar-refractivity contribution is 5.72. The van der Waals surface area contributed by atoms with Crippen LogP contribution in [0.1, 0.15) is 6.92 Å².